The minimum absolute atomic E-state index is 0.0977. The van der Waals surface area contributed by atoms with Gasteiger partial charge >= 0.3 is 5.69 Å². The average Bonchev–Trinajstić information content (AvgIpc) is 2.72. The molecule has 3 N–H and O–H groups in total. The maximum atomic E-state index is 10.6. The second kappa shape index (κ2) is 4.96. The number of anilines is 2. The lowest BCUT2D eigenvalue weighted by Crippen LogP contribution is -2.05. The Bertz CT molecular complexity index is 583. The SMILES string of the molecule is Cc1nc(CNc2ccc([N+](=O)[O-])c(N)n2)cs1. The van der Waals surface area contributed by atoms with Gasteiger partial charge in [-0.05, 0) is 13.0 Å². The number of rotatable bonds is 4. The largest absolute Gasteiger partial charge is 0.378 e. The second-order valence-corrected chi connectivity index (χ2v) is 4.63. The number of thiazole rings is 1. The third-order valence-corrected chi connectivity index (χ3v) is 3.04. The molecular formula is C10H11N5O2S. The van der Waals surface area contributed by atoms with Crippen LogP contribution in [0.15, 0.2) is 17.5 Å². The van der Waals surface area contributed by atoms with E-state index in [1.54, 1.807) is 11.3 Å². The number of nitro groups is 1. The molecule has 2 aromatic heterocycles. The van der Waals surface area contributed by atoms with Crippen LogP contribution in [0.5, 0.6) is 0 Å². The first-order chi connectivity index (χ1) is 8.56. The third kappa shape index (κ3) is 2.72. The zero-order chi connectivity index (χ0) is 13.1. The highest BCUT2D eigenvalue weighted by molar-refractivity contribution is 7.09. The predicted molar refractivity (Wildman–Crippen MR) is 69.5 cm³/mol. The molecule has 0 bridgehead atoms. The fraction of sp³-hybridized carbons (Fsp3) is 0.200. The highest BCUT2D eigenvalue weighted by atomic mass is 32.1. The van der Waals surface area contributed by atoms with Gasteiger partial charge in [0.15, 0.2) is 0 Å². The highest BCUT2D eigenvalue weighted by Crippen LogP contribution is 2.21. The van der Waals surface area contributed by atoms with Crippen LogP contribution >= 0.6 is 11.3 Å². The molecule has 0 aromatic carbocycles. The van der Waals surface area contributed by atoms with Crippen molar-refractivity contribution in [3.05, 3.63) is 38.3 Å². The summed E-state index contributed by atoms with van der Waals surface area (Å²) in [6.07, 6.45) is 0. The van der Waals surface area contributed by atoms with E-state index in [-0.39, 0.29) is 11.5 Å². The molecule has 2 heterocycles. The molecule has 7 nitrogen and oxygen atoms in total. The van der Waals surface area contributed by atoms with Crippen molar-refractivity contribution in [2.45, 2.75) is 13.5 Å². The van der Waals surface area contributed by atoms with Gasteiger partial charge in [-0.1, -0.05) is 0 Å². The number of aromatic nitrogens is 2. The highest BCUT2D eigenvalue weighted by Gasteiger charge is 2.12. The lowest BCUT2D eigenvalue weighted by Gasteiger charge is -2.04. The standard InChI is InChI=1S/C10H11N5O2S/c1-6-13-7(5-18-6)4-12-9-3-2-8(15(16)17)10(11)14-9/h2-3,5H,4H2,1H3,(H3,11,12,14). The van der Waals surface area contributed by atoms with Gasteiger partial charge in [0, 0.05) is 11.4 Å². The van der Waals surface area contributed by atoms with E-state index in [0.29, 0.717) is 12.4 Å². The van der Waals surface area contributed by atoms with E-state index >= 15 is 0 Å². The second-order valence-electron chi connectivity index (χ2n) is 3.57. The van der Waals surface area contributed by atoms with Crippen LogP contribution in [0.1, 0.15) is 10.7 Å². The molecule has 0 unspecified atom stereocenters. The summed E-state index contributed by atoms with van der Waals surface area (Å²) in [6, 6.07) is 2.85. The van der Waals surface area contributed by atoms with Crippen molar-refractivity contribution in [3.8, 4) is 0 Å². The molecule has 0 saturated heterocycles. The fourth-order valence-corrected chi connectivity index (χ4v) is 2.00. The first-order valence-corrected chi connectivity index (χ1v) is 6.00. The van der Waals surface area contributed by atoms with E-state index in [1.165, 1.54) is 12.1 Å². The van der Waals surface area contributed by atoms with Gasteiger partial charge in [-0.3, -0.25) is 10.1 Å². The Kier molecular flexibility index (Phi) is 3.38. The molecule has 0 spiro atoms. The van der Waals surface area contributed by atoms with Crippen LogP contribution in [0.2, 0.25) is 0 Å². The van der Waals surface area contributed by atoms with Crippen molar-refractivity contribution in [2.24, 2.45) is 0 Å². The van der Waals surface area contributed by atoms with E-state index in [1.807, 2.05) is 12.3 Å². The molecule has 2 rings (SSSR count). The van der Waals surface area contributed by atoms with Crippen LogP contribution in [-0.4, -0.2) is 14.9 Å². The molecule has 8 heteroatoms. The topological polar surface area (TPSA) is 107 Å². The molecule has 0 aliphatic rings. The zero-order valence-corrected chi connectivity index (χ0v) is 10.4. The van der Waals surface area contributed by atoms with Gasteiger partial charge in [-0.2, -0.15) is 0 Å². The molecule has 0 radical (unpaired) electrons. The van der Waals surface area contributed by atoms with Crippen molar-refractivity contribution < 1.29 is 4.92 Å². The van der Waals surface area contributed by atoms with Crippen molar-refractivity contribution in [1.29, 1.82) is 0 Å². The van der Waals surface area contributed by atoms with Crippen LogP contribution in [0.25, 0.3) is 0 Å². The summed E-state index contributed by atoms with van der Waals surface area (Å²) < 4.78 is 0. The van der Waals surface area contributed by atoms with Gasteiger partial charge < -0.3 is 11.1 Å². The number of hydrogen-bond acceptors (Lipinski definition) is 7. The number of aryl methyl sites for hydroxylation is 1. The van der Waals surface area contributed by atoms with Crippen molar-refractivity contribution in [1.82, 2.24) is 9.97 Å². The molecule has 0 fully saturated rings. The molecule has 0 aliphatic heterocycles. The Hall–Kier alpha value is -2.22. The van der Waals surface area contributed by atoms with Crippen LogP contribution in [-0.2, 0) is 6.54 Å². The van der Waals surface area contributed by atoms with Crippen LogP contribution in [0.3, 0.4) is 0 Å². The van der Waals surface area contributed by atoms with E-state index in [0.717, 1.165) is 10.7 Å². The summed E-state index contributed by atoms with van der Waals surface area (Å²) in [6.45, 7) is 2.44. The van der Waals surface area contributed by atoms with Crippen LogP contribution in [0, 0.1) is 17.0 Å². The zero-order valence-electron chi connectivity index (χ0n) is 9.58. The summed E-state index contributed by atoms with van der Waals surface area (Å²) in [5.74, 6) is 0.392. The van der Waals surface area contributed by atoms with Crippen molar-refractivity contribution in [3.63, 3.8) is 0 Å². The number of hydrogen-bond donors (Lipinski definition) is 2. The molecule has 0 amide bonds. The predicted octanol–water partition coefficient (Wildman–Crippen LogP) is 1.95. The first kappa shape index (κ1) is 12.2. The Morgan fingerprint density at radius 3 is 2.83 bits per heavy atom. The quantitative estimate of drug-likeness (QED) is 0.646. The Morgan fingerprint density at radius 2 is 2.28 bits per heavy atom. The number of nitrogens with zero attached hydrogens (tertiary/aromatic N) is 3. The normalized spacial score (nSPS) is 10.3. The molecule has 0 atom stereocenters. The number of nitrogens with two attached hydrogens (primary N) is 1. The summed E-state index contributed by atoms with van der Waals surface area (Å²) >= 11 is 1.56. The van der Waals surface area contributed by atoms with Crippen LogP contribution in [0.4, 0.5) is 17.3 Å². The van der Waals surface area contributed by atoms with Crippen molar-refractivity contribution >= 4 is 28.7 Å². The Balaban J connectivity index is 2.06. The van der Waals surface area contributed by atoms with E-state index in [9.17, 15) is 10.1 Å². The molecule has 94 valence electrons. The Labute approximate surface area is 107 Å². The molecular weight excluding hydrogens is 254 g/mol. The lowest BCUT2D eigenvalue weighted by molar-refractivity contribution is -0.384. The lowest BCUT2D eigenvalue weighted by atomic mass is 10.3. The minimum atomic E-state index is -0.560. The molecule has 0 saturated carbocycles. The molecule has 0 aliphatic carbocycles. The maximum absolute atomic E-state index is 10.6. The summed E-state index contributed by atoms with van der Waals surface area (Å²) in [5, 5.41) is 16.5. The minimum Gasteiger partial charge on any atom is -0.378 e. The van der Waals surface area contributed by atoms with Gasteiger partial charge in [0.05, 0.1) is 22.2 Å². The molecule has 18 heavy (non-hydrogen) atoms. The third-order valence-electron chi connectivity index (χ3n) is 2.22. The van der Waals surface area contributed by atoms with E-state index in [2.05, 4.69) is 15.3 Å². The summed E-state index contributed by atoms with van der Waals surface area (Å²) in [5.41, 5.74) is 6.20. The average molecular weight is 265 g/mol. The molecule has 2 aromatic rings. The summed E-state index contributed by atoms with van der Waals surface area (Å²) in [7, 11) is 0. The van der Waals surface area contributed by atoms with E-state index < -0.39 is 4.92 Å². The monoisotopic (exact) mass is 265 g/mol. The fourth-order valence-electron chi connectivity index (χ4n) is 1.39. The van der Waals surface area contributed by atoms with Gasteiger partial charge in [0.25, 0.3) is 0 Å². The van der Waals surface area contributed by atoms with E-state index in [4.69, 9.17) is 5.73 Å². The van der Waals surface area contributed by atoms with Gasteiger partial charge in [0.2, 0.25) is 5.82 Å². The maximum Gasteiger partial charge on any atom is 0.311 e. The smallest absolute Gasteiger partial charge is 0.311 e. The Morgan fingerprint density at radius 1 is 1.50 bits per heavy atom. The van der Waals surface area contributed by atoms with Gasteiger partial charge in [-0.15, -0.1) is 11.3 Å². The van der Waals surface area contributed by atoms with Crippen LogP contribution < -0.4 is 11.1 Å². The van der Waals surface area contributed by atoms with Gasteiger partial charge in [-0.25, -0.2) is 9.97 Å². The van der Waals surface area contributed by atoms with Gasteiger partial charge in [0.1, 0.15) is 5.82 Å². The number of nitrogens with one attached hydrogen (secondary N) is 1. The van der Waals surface area contributed by atoms with Crippen molar-refractivity contribution in [2.75, 3.05) is 11.1 Å². The first-order valence-electron chi connectivity index (χ1n) is 5.12. The number of nitrogen functional groups attached to an aromatic ring is 1. The summed E-state index contributed by atoms with van der Waals surface area (Å²) in [4.78, 5) is 18.2. The number of pyridine rings is 1.